The normalized spacial score (nSPS) is 18.6. The van der Waals surface area contributed by atoms with Crippen molar-refractivity contribution in [3.05, 3.63) is 35.9 Å². The van der Waals surface area contributed by atoms with Crippen LogP contribution in [0.15, 0.2) is 24.5 Å². The maximum atomic E-state index is 13.2. The summed E-state index contributed by atoms with van der Waals surface area (Å²) in [5.74, 6) is -0.408. The molecule has 4 rings (SSSR count). The number of hydrogen-bond donors (Lipinski definition) is 4. The second kappa shape index (κ2) is 8.77. The number of rotatable bonds is 6. The van der Waals surface area contributed by atoms with Crippen molar-refractivity contribution in [2.45, 2.75) is 44.2 Å². The Morgan fingerprint density at radius 1 is 1.19 bits per heavy atom. The topological polar surface area (TPSA) is 138 Å². The van der Waals surface area contributed by atoms with Crippen molar-refractivity contribution in [1.29, 1.82) is 0 Å². The molecule has 3 aromatic rings. The molecule has 0 aliphatic heterocycles. The van der Waals surface area contributed by atoms with Gasteiger partial charge in [0.1, 0.15) is 5.69 Å². The molecule has 1 aliphatic rings. The highest BCUT2D eigenvalue weighted by atomic mass is 19.3. The number of aromatic nitrogens is 5. The lowest BCUT2D eigenvalue weighted by molar-refractivity contribution is 0.101. The molecule has 11 nitrogen and oxygen atoms in total. The first kappa shape index (κ1) is 21.5. The molecule has 1 aliphatic carbocycles. The van der Waals surface area contributed by atoms with Crippen LogP contribution in [0.3, 0.4) is 0 Å². The van der Waals surface area contributed by atoms with Crippen LogP contribution in [0, 0.1) is 0 Å². The molecule has 13 heteroatoms. The summed E-state index contributed by atoms with van der Waals surface area (Å²) in [4.78, 5) is 28.1. The number of carbonyl (C=O) groups excluding carboxylic acids is 1. The fourth-order valence-electron chi connectivity index (χ4n) is 3.89. The van der Waals surface area contributed by atoms with Crippen LogP contribution in [0.1, 0.15) is 48.3 Å². The Kier molecular flexibility index (Phi) is 5.88. The molecule has 2 atom stereocenters. The number of alkyl halides is 2. The van der Waals surface area contributed by atoms with Gasteiger partial charge in [-0.15, -0.1) is 5.10 Å². The van der Waals surface area contributed by atoms with Crippen molar-refractivity contribution < 1.29 is 23.5 Å². The van der Waals surface area contributed by atoms with E-state index < -0.39 is 24.1 Å². The molecule has 32 heavy (non-hydrogen) atoms. The predicted octanol–water partition coefficient (Wildman–Crippen LogP) is 2.64. The molecule has 1 saturated carbocycles. The van der Waals surface area contributed by atoms with E-state index in [-0.39, 0.29) is 29.4 Å². The third kappa shape index (κ3) is 4.45. The number of halogens is 2. The number of nitrogens with one attached hydrogen (secondary N) is 3. The van der Waals surface area contributed by atoms with Crippen molar-refractivity contribution in [3.8, 4) is 0 Å². The van der Waals surface area contributed by atoms with Crippen LogP contribution in [0.5, 0.6) is 0 Å². The molecular formula is C19H22F2N8O3. The van der Waals surface area contributed by atoms with Crippen LogP contribution in [-0.4, -0.2) is 53.6 Å². The molecule has 3 aromatic heterocycles. The standard InChI is InChI=1S/C19H22F2N8O3/c1-28-9-13(15(26-28)16(20)21)23-17(30)14-7-6-10-8-22-18(27-29(10)14)24-11-4-2-3-5-12(11)25-19(31)32/h6-9,11-12,16,25H,2-5H2,1H3,(H,23,30)(H,24,27)(H,31,32)/t11-,12+/m1/s1. The first-order chi connectivity index (χ1) is 15.3. The van der Waals surface area contributed by atoms with E-state index in [1.165, 1.54) is 34.7 Å². The highest BCUT2D eigenvalue weighted by molar-refractivity contribution is 6.04. The number of aryl methyl sites for hydroxylation is 1. The Morgan fingerprint density at radius 3 is 2.66 bits per heavy atom. The summed E-state index contributed by atoms with van der Waals surface area (Å²) >= 11 is 0. The molecule has 0 unspecified atom stereocenters. The fraction of sp³-hybridized carbons (Fsp3) is 0.421. The molecule has 170 valence electrons. The highest BCUT2D eigenvalue weighted by Gasteiger charge is 2.27. The largest absolute Gasteiger partial charge is 0.465 e. The Hall–Kier alpha value is -3.77. The summed E-state index contributed by atoms with van der Waals surface area (Å²) in [5.41, 5.74) is 0.0517. The second-order valence-corrected chi connectivity index (χ2v) is 7.58. The number of fused-ring (bicyclic) bond motifs is 1. The van der Waals surface area contributed by atoms with Crippen LogP contribution >= 0.6 is 0 Å². The fourth-order valence-corrected chi connectivity index (χ4v) is 3.89. The summed E-state index contributed by atoms with van der Waals surface area (Å²) in [6, 6.07) is 2.66. The minimum absolute atomic E-state index is 0.0837. The summed E-state index contributed by atoms with van der Waals surface area (Å²) in [7, 11) is 1.48. The maximum absolute atomic E-state index is 13.2. The third-order valence-electron chi connectivity index (χ3n) is 5.33. The lowest BCUT2D eigenvalue weighted by Gasteiger charge is -2.31. The van der Waals surface area contributed by atoms with E-state index in [1.54, 1.807) is 6.07 Å². The lowest BCUT2D eigenvalue weighted by Crippen LogP contribution is -2.48. The zero-order chi connectivity index (χ0) is 22.8. The summed E-state index contributed by atoms with van der Waals surface area (Å²) < 4.78 is 28.9. The van der Waals surface area contributed by atoms with E-state index in [0.29, 0.717) is 11.9 Å². The number of carboxylic acid groups (broad SMARTS) is 1. The first-order valence-corrected chi connectivity index (χ1v) is 10.1. The van der Waals surface area contributed by atoms with Crippen molar-refractivity contribution in [2.75, 3.05) is 10.6 Å². The lowest BCUT2D eigenvalue weighted by atomic mass is 9.90. The molecular weight excluding hydrogens is 426 g/mol. The van der Waals surface area contributed by atoms with Crippen molar-refractivity contribution in [3.63, 3.8) is 0 Å². The Labute approximate surface area is 180 Å². The van der Waals surface area contributed by atoms with E-state index in [9.17, 15) is 18.4 Å². The van der Waals surface area contributed by atoms with Crippen LogP contribution < -0.4 is 16.0 Å². The monoisotopic (exact) mass is 448 g/mol. The number of hydrogen-bond acceptors (Lipinski definition) is 6. The average molecular weight is 448 g/mol. The van der Waals surface area contributed by atoms with E-state index in [2.05, 4.69) is 31.1 Å². The van der Waals surface area contributed by atoms with Crippen LogP contribution in [0.4, 0.5) is 25.2 Å². The van der Waals surface area contributed by atoms with E-state index in [4.69, 9.17) is 5.11 Å². The minimum atomic E-state index is -2.84. The van der Waals surface area contributed by atoms with Gasteiger partial charge in [0.15, 0.2) is 5.69 Å². The van der Waals surface area contributed by atoms with Crippen LogP contribution in [-0.2, 0) is 7.05 Å². The Bertz CT molecular complexity index is 1140. The molecule has 3 heterocycles. The molecule has 0 aromatic carbocycles. The average Bonchev–Trinajstić information content (AvgIpc) is 3.32. The van der Waals surface area contributed by atoms with E-state index >= 15 is 0 Å². The highest BCUT2D eigenvalue weighted by Crippen LogP contribution is 2.26. The van der Waals surface area contributed by atoms with Crippen molar-refractivity contribution >= 4 is 29.2 Å². The number of amides is 2. The Morgan fingerprint density at radius 2 is 1.94 bits per heavy atom. The van der Waals surface area contributed by atoms with Gasteiger partial charge < -0.3 is 21.1 Å². The SMILES string of the molecule is Cn1cc(NC(=O)c2ccc3cnc(N[C@@H]4CCCC[C@@H]4NC(=O)O)nn23)c(C(F)F)n1. The predicted molar refractivity (Wildman–Crippen MR) is 110 cm³/mol. The number of anilines is 2. The van der Waals surface area contributed by atoms with Gasteiger partial charge >= 0.3 is 6.09 Å². The summed E-state index contributed by atoms with van der Waals surface area (Å²) in [6.45, 7) is 0. The molecule has 0 bridgehead atoms. The van der Waals surface area contributed by atoms with Gasteiger partial charge in [-0.05, 0) is 25.0 Å². The molecule has 4 N–H and O–H groups in total. The second-order valence-electron chi connectivity index (χ2n) is 7.58. The van der Waals surface area contributed by atoms with Gasteiger partial charge in [0.05, 0.1) is 23.4 Å². The van der Waals surface area contributed by atoms with E-state index in [0.717, 1.165) is 19.3 Å². The molecule has 0 spiro atoms. The number of carbonyl (C=O) groups is 2. The van der Waals surface area contributed by atoms with Gasteiger partial charge in [0.25, 0.3) is 12.3 Å². The van der Waals surface area contributed by atoms with Gasteiger partial charge in [0.2, 0.25) is 5.95 Å². The smallest absolute Gasteiger partial charge is 0.404 e. The van der Waals surface area contributed by atoms with E-state index in [1.807, 2.05) is 0 Å². The van der Waals surface area contributed by atoms with Gasteiger partial charge in [-0.25, -0.2) is 23.1 Å². The number of nitrogens with zero attached hydrogens (tertiary/aromatic N) is 5. The van der Waals surface area contributed by atoms with Crippen LogP contribution in [0.2, 0.25) is 0 Å². The van der Waals surface area contributed by atoms with Crippen molar-refractivity contribution in [2.24, 2.45) is 7.05 Å². The molecule has 2 amide bonds. The third-order valence-corrected chi connectivity index (χ3v) is 5.33. The van der Waals surface area contributed by atoms with Gasteiger partial charge in [-0.3, -0.25) is 9.48 Å². The Balaban J connectivity index is 1.56. The minimum Gasteiger partial charge on any atom is -0.465 e. The molecule has 0 saturated heterocycles. The maximum Gasteiger partial charge on any atom is 0.404 e. The van der Waals surface area contributed by atoms with Crippen molar-refractivity contribution in [1.82, 2.24) is 29.7 Å². The van der Waals surface area contributed by atoms with Gasteiger partial charge in [0, 0.05) is 19.3 Å². The van der Waals surface area contributed by atoms with Gasteiger partial charge in [-0.2, -0.15) is 5.10 Å². The molecule has 1 fully saturated rings. The quantitative estimate of drug-likeness (QED) is 0.455. The zero-order valence-corrected chi connectivity index (χ0v) is 17.1. The first-order valence-electron chi connectivity index (χ1n) is 10.1. The summed E-state index contributed by atoms with van der Waals surface area (Å²) in [5, 5.41) is 25.2. The van der Waals surface area contributed by atoms with Gasteiger partial charge in [-0.1, -0.05) is 12.8 Å². The summed E-state index contributed by atoms with van der Waals surface area (Å²) in [6.07, 6.45) is 2.18. The zero-order valence-electron chi connectivity index (χ0n) is 17.1. The molecule has 0 radical (unpaired) electrons. The van der Waals surface area contributed by atoms with Crippen LogP contribution in [0.25, 0.3) is 5.52 Å².